The van der Waals surface area contributed by atoms with Crippen LogP contribution in [0, 0.1) is 0 Å². The van der Waals surface area contributed by atoms with Gasteiger partial charge in [-0.25, -0.2) is 0 Å². The van der Waals surface area contributed by atoms with Crippen LogP contribution in [-0.2, 0) is 16.4 Å². The summed E-state index contributed by atoms with van der Waals surface area (Å²) < 4.78 is 38.1. The molecule has 1 aromatic heterocycles. The van der Waals surface area contributed by atoms with Gasteiger partial charge in [-0.2, -0.15) is 13.2 Å². The summed E-state index contributed by atoms with van der Waals surface area (Å²) in [5.41, 5.74) is -2.24. The molecule has 1 heterocycles. The minimum Gasteiger partial charge on any atom is -0.481 e. The number of pyridine rings is 1. The molecule has 0 aliphatic heterocycles. The highest BCUT2D eigenvalue weighted by Crippen LogP contribution is 2.37. The number of aliphatic carboxylic acids is 1. The first-order valence-electron chi connectivity index (χ1n) is 4.89. The molecule has 94 valence electrons. The van der Waals surface area contributed by atoms with Crippen LogP contribution in [0.25, 0.3) is 0 Å². The van der Waals surface area contributed by atoms with Gasteiger partial charge < -0.3 is 5.11 Å². The van der Waals surface area contributed by atoms with Gasteiger partial charge in [-0.3, -0.25) is 9.78 Å². The lowest BCUT2D eigenvalue weighted by Crippen LogP contribution is -2.26. The van der Waals surface area contributed by atoms with Gasteiger partial charge in [-0.1, -0.05) is 19.9 Å². The number of halogens is 3. The topological polar surface area (TPSA) is 50.2 Å². The second-order valence-electron chi connectivity index (χ2n) is 4.35. The molecule has 1 N–H and O–H groups in total. The van der Waals surface area contributed by atoms with Crippen molar-refractivity contribution in [3.05, 3.63) is 29.6 Å². The number of alkyl halides is 3. The highest BCUT2D eigenvalue weighted by molar-refractivity contribution is 5.69. The molecule has 0 fully saturated rings. The van der Waals surface area contributed by atoms with Crippen molar-refractivity contribution in [2.24, 2.45) is 0 Å². The molecular formula is C11H12F3NO2. The zero-order chi connectivity index (χ0) is 13.3. The molecular weight excluding hydrogens is 235 g/mol. The van der Waals surface area contributed by atoms with Gasteiger partial charge in [0.25, 0.3) is 0 Å². The molecule has 6 heteroatoms. The standard InChI is InChI=1S/C11H12F3NO2/c1-10(2,6-8(16)17)7-4-3-5-15-9(7)11(12,13)14/h3-5H,6H2,1-2H3,(H,16,17). The zero-order valence-electron chi connectivity index (χ0n) is 9.38. The van der Waals surface area contributed by atoms with Crippen molar-refractivity contribution < 1.29 is 23.1 Å². The molecule has 0 aliphatic rings. The molecule has 1 rings (SSSR count). The molecule has 0 aromatic carbocycles. The van der Waals surface area contributed by atoms with Crippen molar-refractivity contribution in [2.45, 2.75) is 31.9 Å². The SMILES string of the molecule is CC(C)(CC(=O)O)c1cccnc1C(F)(F)F. The fraction of sp³-hybridized carbons (Fsp3) is 0.455. The van der Waals surface area contributed by atoms with Crippen LogP contribution in [0.3, 0.4) is 0 Å². The molecule has 0 bridgehead atoms. The molecule has 3 nitrogen and oxygen atoms in total. The maximum absolute atomic E-state index is 12.7. The normalized spacial score (nSPS) is 12.5. The Bertz CT molecular complexity index is 427. The summed E-state index contributed by atoms with van der Waals surface area (Å²) in [5, 5.41) is 8.70. The van der Waals surface area contributed by atoms with E-state index in [1.807, 2.05) is 0 Å². The van der Waals surface area contributed by atoms with E-state index in [9.17, 15) is 18.0 Å². The van der Waals surface area contributed by atoms with Gasteiger partial charge in [-0.15, -0.1) is 0 Å². The van der Waals surface area contributed by atoms with Gasteiger partial charge in [0.1, 0.15) is 5.69 Å². The van der Waals surface area contributed by atoms with Gasteiger partial charge >= 0.3 is 12.1 Å². The molecule has 1 aromatic rings. The van der Waals surface area contributed by atoms with Crippen LogP contribution in [0.2, 0.25) is 0 Å². The third-order valence-corrected chi connectivity index (χ3v) is 2.40. The van der Waals surface area contributed by atoms with Gasteiger partial charge in [0.15, 0.2) is 0 Å². The third kappa shape index (κ3) is 3.18. The second kappa shape index (κ2) is 4.35. The quantitative estimate of drug-likeness (QED) is 0.893. The fourth-order valence-corrected chi connectivity index (χ4v) is 1.65. The number of hydrogen-bond donors (Lipinski definition) is 1. The summed E-state index contributed by atoms with van der Waals surface area (Å²) in [6, 6.07) is 2.63. The van der Waals surface area contributed by atoms with E-state index in [0.717, 1.165) is 6.20 Å². The van der Waals surface area contributed by atoms with Gasteiger partial charge in [0.2, 0.25) is 0 Å². The van der Waals surface area contributed by atoms with E-state index >= 15 is 0 Å². The summed E-state index contributed by atoms with van der Waals surface area (Å²) in [6.45, 7) is 2.90. The van der Waals surface area contributed by atoms with Crippen molar-refractivity contribution >= 4 is 5.97 Å². The van der Waals surface area contributed by atoms with Crippen molar-refractivity contribution in [1.29, 1.82) is 0 Å². The minimum atomic E-state index is -4.58. The lowest BCUT2D eigenvalue weighted by atomic mass is 9.80. The second-order valence-corrected chi connectivity index (χ2v) is 4.35. The number of carboxylic acids is 1. The fourth-order valence-electron chi connectivity index (χ4n) is 1.65. The van der Waals surface area contributed by atoms with E-state index in [2.05, 4.69) is 4.98 Å². The first kappa shape index (κ1) is 13.5. The molecule has 0 amide bonds. The predicted octanol–water partition coefficient (Wildman–Crippen LogP) is 2.85. The maximum atomic E-state index is 12.7. The average Bonchev–Trinajstić information content (AvgIpc) is 2.14. The number of hydrogen-bond acceptors (Lipinski definition) is 2. The molecule has 0 spiro atoms. The van der Waals surface area contributed by atoms with E-state index in [4.69, 9.17) is 5.11 Å². The number of carbonyl (C=O) groups is 1. The Labute approximate surface area is 96.3 Å². The Morgan fingerprint density at radius 1 is 1.41 bits per heavy atom. The Kier molecular flexibility index (Phi) is 3.45. The Hall–Kier alpha value is -1.59. The van der Waals surface area contributed by atoms with Crippen LogP contribution in [0.15, 0.2) is 18.3 Å². The summed E-state index contributed by atoms with van der Waals surface area (Å²) in [5.74, 6) is -1.15. The lowest BCUT2D eigenvalue weighted by molar-refractivity contribution is -0.144. The molecule has 0 radical (unpaired) electrons. The van der Waals surface area contributed by atoms with Crippen molar-refractivity contribution in [3.8, 4) is 0 Å². The number of rotatable bonds is 3. The summed E-state index contributed by atoms with van der Waals surface area (Å²) in [4.78, 5) is 14.0. The van der Waals surface area contributed by atoms with Gasteiger partial charge in [0.05, 0.1) is 6.42 Å². The molecule has 17 heavy (non-hydrogen) atoms. The van der Waals surface area contributed by atoms with Crippen LogP contribution in [0.4, 0.5) is 13.2 Å². The van der Waals surface area contributed by atoms with Crippen LogP contribution >= 0.6 is 0 Å². The van der Waals surface area contributed by atoms with Crippen molar-refractivity contribution in [2.75, 3.05) is 0 Å². The van der Waals surface area contributed by atoms with Crippen molar-refractivity contribution in [3.63, 3.8) is 0 Å². The average molecular weight is 247 g/mol. The summed E-state index contributed by atoms with van der Waals surface area (Å²) in [6.07, 6.45) is -3.92. The minimum absolute atomic E-state index is 0.102. The Morgan fingerprint density at radius 3 is 2.47 bits per heavy atom. The van der Waals surface area contributed by atoms with Crippen LogP contribution in [0.5, 0.6) is 0 Å². The Morgan fingerprint density at radius 2 is 2.00 bits per heavy atom. The van der Waals surface area contributed by atoms with Crippen LogP contribution in [-0.4, -0.2) is 16.1 Å². The van der Waals surface area contributed by atoms with Crippen LogP contribution < -0.4 is 0 Å². The van der Waals surface area contributed by atoms with E-state index in [0.29, 0.717) is 0 Å². The monoisotopic (exact) mass is 247 g/mol. The first-order valence-corrected chi connectivity index (χ1v) is 4.89. The largest absolute Gasteiger partial charge is 0.481 e. The van der Waals surface area contributed by atoms with E-state index in [1.165, 1.54) is 26.0 Å². The highest BCUT2D eigenvalue weighted by atomic mass is 19.4. The molecule has 0 saturated heterocycles. The van der Waals surface area contributed by atoms with Gasteiger partial charge in [0, 0.05) is 11.6 Å². The van der Waals surface area contributed by atoms with E-state index < -0.39 is 23.3 Å². The number of aromatic nitrogens is 1. The zero-order valence-corrected chi connectivity index (χ0v) is 9.38. The van der Waals surface area contributed by atoms with E-state index in [-0.39, 0.29) is 12.0 Å². The smallest absolute Gasteiger partial charge is 0.433 e. The molecule has 0 unspecified atom stereocenters. The molecule has 0 atom stereocenters. The first-order chi connectivity index (χ1) is 7.64. The summed E-state index contributed by atoms with van der Waals surface area (Å²) >= 11 is 0. The highest BCUT2D eigenvalue weighted by Gasteiger charge is 2.39. The lowest BCUT2D eigenvalue weighted by Gasteiger charge is -2.25. The predicted molar refractivity (Wildman–Crippen MR) is 54.5 cm³/mol. The van der Waals surface area contributed by atoms with Gasteiger partial charge in [-0.05, 0) is 11.6 Å². The van der Waals surface area contributed by atoms with Crippen LogP contribution in [0.1, 0.15) is 31.5 Å². The third-order valence-electron chi connectivity index (χ3n) is 2.40. The number of nitrogens with zero attached hydrogens (tertiary/aromatic N) is 1. The molecule has 0 saturated carbocycles. The Balaban J connectivity index is 3.26. The maximum Gasteiger partial charge on any atom is 0.433 e. The van der Waals surface area contributed by atoms with E-state index in [1.54, 1.807) is 0 Å². The van der Waals surface area contributed by atoms with Crippen molar-refractivity contribution in [1.82, 2.24) is 4.98 Å². The number of carboxylic acid groups (broad SMARTS) is 1. The molecule has 0 aliphatic carbocycles. The summed E-state index contributed by atoms with van der Waals surface area (Å²) in [7, 11) is 0.